The van der Waals surface area contributed by atoms with Crippen LogP contribution in [0.2, 0.25) is 0 Å². The minimum Gasteiger partial charge on any atom is -0.496 e. The predicted molar refractivity (Wildman–Crippen MR) is 111 cm³/mol. The molecular formula is C22H26N4O3. The van der Waals surface area contributed by atoms with Gasteiger partial charge in [0.05, 0.1) is 18.4 Å². The Morgan fingerprint density at radius 1 is 1.14 bits per heavy atom. The summed E-state index contributed by atoms with van der Waals surface area (Å²) in [6, 6.07) is 12.1. The van der Waals surface area contributed by atoms with Crippen LogP contribution in [0.25, 0.3) is 5.65 Å². The van der Waals surface area contributed by atoms with Crippen molar-refractivity contribution < 1.29 is 14.3 Å². The van der Waals surface area contributed by atoms with E-state index in [1.54, 1.807) is 24.3 Å². The molecule has 0 fully saturated rings. The molecule has 1 unspecified atom stereocenters. The first-order valence-electron chi connectivity index (χ1n) is 9.64. The van der Waals surface area contributed by atoms with E-state index in [0.29, 0.717) is 24.3 Å². The Morgan fingerprint density at radius 3 is 2.62 bits per heavy atom. The number of aromatic nitrogens is 2. The Labute approximate surface area is 170 Å². The number of nitrogens with one attached hydrogen (secondary N) is 2. The minimum absolute atomic E-state index is 0.0659. The van der Waals surface area contributed by atoms with Crippen LogP contribution in [0.1, 0.15) is 29.9 Å². The Balaban J connectivity index is 1.59. The lowest BCUT2D eigenvalue weighted by molar-refractivity contribution is -0.123. The monoisotopic (exact) mass is 394 g/mol. The fourth-order valence-electron chi connectivity index (χ4n) is 3.12. The molecule has 7 nitrogen and oxygen atoms in total. The molecule has 0 radical (unpaired) electrons. The van der Waals surface area contributed by atoms with Crippen LogP contribution in [0.5, 0.6) is 5.75 Å². The molecule has 7 heteroatoms. The van der Waals surface area contributed by atoms with E-state index in [9.17, 15) is 9.59 Å². The number of imidazole rings is 1. The molecule has 3 aromatic rings. The van der Waals surface area contributed by atoms with E-state index >= 15 is 0 Å². The molecule has 2 N–H and O–H groups in total. The van der Waals surface area contributed by atoms with Crippen LogP contribution in [-0.2, 0) is 11.2 Å². The van der Waals surface area contributed by atoms with Crippen LogP contribution in [-0.4, -0.2) is 40.9 Å². The zero-order chi connectivity index (χ0) is 20.8. The van der Waals surface area contributed by atoms with E-state index < -0.39 is 6.04 Å². The second kappa shape index (κ2) is 9.23. The van der Waals surface area contributed by atoms with E-state index in [4.69, 9.17) is 4.74 Å². The summed E-state index contributed by atoms with van der Waals surface area (Å²) >= 11 is 0. The van der Waals surface area contributed by atoms with Gasteiger partial charge in [0.25, 0.3) is 5.91 Å². The summed E-state index contributed by atoms with van der Waals surface area (Å²) in [5.74, 6) is -0.146. The number of pyridine rings is 1. The van der Waals surface area contributed by atoms with E-state index in [-0.39, 0.29) is 17.7 Å². The van der Waals surface area contributed by atoms with Gasteiger partial charge in [0.2, 0.25) is 5.91 Å². The summed E-state index contributed by atoms with van der Waals surface area (Å²) in [7, 11) is 1.51. The molecule has 0 saturated carbocycles. The van der Waals surface area contributed by atoms with Crippen molar-refractivity contribution in [2.24, 2.45) is 5.92 Å². The fourth-order valence-corrected chi connectivity index (χ4v) is 3.12. The number of benzene rings is 1. The number of nitrogens with zero attached hydrogens (tertiary/aromatic N) is 2. The number of ether oxygens (including phenoxy) is 1. The lowest BCUT2D eigenvalue weighted by atomic mass is 10.0. The molecule has 0 aliphatic carbocycles. The average molecular weight is 394 g/mol. The number of hydrogen-bond acceptors (Lipinski definition) is 4. The third kappa shape index (κ3) is 4.93. The fraction of sp³-hybridized carbons (Fsp3) is 0.318. The topological polar surface area (TPSA) is 84.7 Å². The zero-order valence-electron chi connectivity index (χ0n) is 16.9. The van der Waals surface area contributed by atoms with Crippen molar-refractivity contribution in [3.63, 3.8) is 0 Å². The van der Waals surface area contributed by atoms with Crippen molar-refractivity contribution in [1.82, 2.24) is 20.0 Å². The predicted octanol–water partition coefficient (Wildman–Crippen LogP) is 2.46. The number of para-hydroxylation sites is 1. The maximum atomic E-state index is 12.7. The molecule has 2 aromatic heterocycles. The number of carbonyl (C=O) groups excluding carboxylic acids is 2. The maximum Gasteiger partial charge on any atom is 0.255 e. The molecule has 29 heavy (non-hydrogen) atoms. The summed E-state index contributed by atoms with van der Waals surface area (Å²) in [6.45, 7) is 4.24. The van der Waals surface area contributed by atoms with Crippen molar-refractivity contribution in [3.05, 3.63) is 66.1 Å². The van der Waals surface area contributed by atoms with Crippen molar-refractivity contribution >= 4 is 17.5 Å². The molecule has 0 saturated heterocycles. The van der Waals surface area contributed by atoms with Crippen LogP contribution >= 0.6 is 0 Å². The van der Waals surface area contributed by atoms with Crippen molar-refractivity contribution in [3.8, 4) is 5.75 Å². The number of carbonyl (C=O) groups is 2. The number of methoxy groups -OCH3 is 1. The highest BCUT2D eigenvalue weighted by molar-refractivity contribution is 5.99. The molecule has 2 heterocycles. The van der Waals surface area contributed by atoms with E-state index in [1.807, 2.05) is 48.8 Å². The van der Waals surface area contributed by atoms with Gasteiger partial charge in [-0.2, -0.15) is 0 Å². The molecule has 0 spiro atoms. The minimum atomic E-state index is -0.645. The molecule has 2 amide bonds. The number of rotatable bonds is 8. The second-order valence-electron chi connectivity index (χ2n) is 7.13. The van der Waals surface area contributed by atoms with Gasteiger partial charge in [-0.05, 0) is 30.2 Å². The molecule has 0 aliphatic rings. The highest BCUT2D eigenvalue weighted by atomic mass is 16.5. The normalized spacial score (nSPS) is 12.0. The van der Waals surface area contributed by atoms with Crippen LogP contribution in [0.15, 0.2) is 54.9 Å². The van der Waals surface area contributed by atoms with Gasteiger partial charge in [-0.1, -0.05) is 32.0 Å². The van der Waals surface area contributed by atoms with Gasteiger partial charge < -0.3 is 19.8 Å². The highest BCUT2D eigenvalue weighted by Crippen LogP contribution is 2.17. The largest absolute Gasteiger partial charge is 0.496 e. The summed E-state index contributed by atoms with van der Waals surface area (Å²) in [6.07, 6.45) is 4.50. The van der Waals surface area contributed by atoms with Crippen LogP contribution in [0.4, 0.5) is 0 Å². The smallest absolute Gasteiger partial charge is 0.255 e. The number of fused-ring (bicyclic) bond motifs is 1. The molecule has 1 atom stereocenters. The van der Waals surface area contributed by atoms with Crippen molar-refractivity contribution in [1.29, 1.82) is 0 Å². The quantitative estimate of drug-likeness (QED) is 0.615. The van der Waals surface area contributed by atoms with Gasteiger partial charge >= 0.3 is 0 Å². The third-order valence-electron chi connectivity index (χ3n) is 4.68. The first-order valence-corrected chi connectivity index (χ1v) is 9.64. The first kappa shape index (κ1) is 20.4. The summed E-state index contributed by atoms with van der Waals surface area (Å²) in [5, 5.41) is 5.73. The Bertz CT molecular complexity index is 963. The highest BCUT2D eigenvalue weighted by Gasteiger charge is 2.25. The standard InChI is InChI=1S/C22H26N4O3/c1-15(2)20(25-21(27)17-8-4-5-9-18(17)29-3)22(28)23-12-11-16-14-26-13-7-6-10-19(26)24-16/h4-10,13-15,20H,11-12H2,1-3H3,(H,23,28)(H,25,27). The van der Waals surface area contributed by atoms with Crippen molar-refractivity contribution in [2.45, 2.75) is 26.3 Å². The lowest BCUT2D eigenvalue weighted by Gasteiger charge is -2.22. The first-order chi connectivity index (χ1) is 14.0. The van der Waals surface area contributed by atoms with E-state index in [2.05, 4.69) is 15.6 Å². The van der Waals surface area contributed by atoms with Crippen LogP contribution in [0, 0.1) is 5.92 Å². The molecule has 3 rings (SSSR count). The number of amides is 2. The van der Waals surface area contributed by atoms with Gasteiger partial charge in [0, 0.05) is 25.4 Å². The molecule has 152 valence electrons. The van der Waals surface area contributed by atoms with Gasteiger partial charge in [-0.25, -0.2) is 4.98 Å². The summed E-state index contributed by atoms with van der Waals surface area (Å²) < 4.78 is 7.18. The lowest BCUT2D eigenvalue weighted by Crippen LogP contribution is -2.50. The third-order valence-corrected chi connectivity index (χ3v) is 4.68. The average Bonchev–Trinajstić information content (AvgIpc) is 3.14. The number of hydrogen-bond donors (Lipinski definition) is 2. The summed E-state index contributed by atoms with van der Waals surface area (Å²) in [4.78, 5) is 29.9. The Morgan fingerprint density at radius 2 is 1.90 bits per heavy atom. The van der Waals surface area contributed by atoms with Crippen molar-refractivity contribution in [2.75, 3.05) is 13.7 Å². The van der Waals surface area contributed by atoms with Crippen LogP contribution in [0.3, 0.4) is 0 Å². The molecule has 0 aliphatic heterocycles. The van der Waals surface area contributed by atoms with Gasteiger partial charge in [-0.15, -0.1) is 0 Å². The van der Waals surface area contributed by atoms with Gasteiger partial charge in [0.15, 0.2) is 0 Å². The van der Waals surface area contributed by atoms with Crippen LogP contribution < -0.4 is 15.4 Å². The second-order valence-corrected chi connectivity index (χ2v) is 7.13. The van der Waals surface area contributed by atoms with E-state index in [0.717, 1.165) is 11.3 Å². The Kier molecular flexibility index (Phi) is 6.49. The zero-order valence-corrected chi connectivity index (χ0v) is 16.9. The molecular weight excluding hydrogens is 368 g/mol. The van der Waals surface area contributed by atoms with E-state index in [1.165, 1.54) is 7.11 Å². The maximum absolute atomic E-state index is 12.7. The SMILES string of the molecule is COc1ccccc1C(=O)NC(C(=O)NCCc1cn2ccccc2n1)C(C)C. The Hall–Kier alpha value is -3.35. The molecule has 1 aromatic carbocycles. The van der Waals surface area contributed by atoms with Gasteiger partial charge in [0.1, 0.15) is 17.4 Å². The summed E-state index contributed by atoms with van der Waals surface area (Å²) in [5.41, 5.74) is 2.17. The molecule has 0 bridgehead atoms. The van der Waals surface area contributed by atoms with Gasteiger partial charge in [-0.3, -0.25) is 9.59 Å².